The molecule has 2 aliphatic rings. The number of hydrogen-bond acceptors (Lipinski definition) is 4. The van der Waals surface area contributed by atoms with Crippen molar-refractivity contribution in [3.8, 4) is 0 Å². The highest BCUT2D eigenvalue weighted by atomic mass is 19.4. The van der Waals surface area contributed by atoms with Crippen molar-refractivity contribution in [1.29, 1.82) is 0 Å². The minimum atomic E-state index is -4.39. The number of halogens is 3. The molecule has 0 aromatic carbocycles. The third-order valence-corrected chi connectivity index (χ3v) is 4.58. The number of rotatable bonds is 2. The van der Waals surface area contributed by atoms with Gasteiger partial charge in [-0.1, -0.05) is 11.6 Å². The molecule has 1 amide bonds. The SMILES string of the molecule is CC(C1=CC(C(F)(F)F)=CC(N)C1)N1CCN(C(=O)OC(C)(C)C)CC1. The van der Waals surface area contributed by atoms with Crippen molar-refractivity contribution in [3.05, 3.63) is 23.3 Å². The van der Waals surface area contributed by atoms with E-state index < -0.39 is 23.4 Å². The van der Waals surface area contributed by atoms with Gasteiger partial charge in [0.05, 0.1) is 5.57 Å². The average molecular weight is 375 g/mol. The van der Waals surface area contributed by atoms with Crippen LogP contribution in [0.3, 0.4) is 0 Å². The maximum Gasteiger partial charge on any atom is 0.416 e. The van der Waals surface area contributed by atoms with Crippen molar-refractivity contribution in [1.82, 2.24) is 9.80 Å². The molecule has 2 atom stereocenters. The first kappa shape index (κ1) is 20.8. The molecule has 0 saturated carbocycles. The number of allylic oxidation sites excluding steroid dienone is 2. The van der Waals surface area contributed by atoms with Gasteiger partial charge >= 0.3 is 12.3 Å². The van der Waals surface area contributed by atoms with Crippen molar-refractivity contribution in [2.24, 2.45) is 5.73 Å². The lowest BCUT2D eigenvalue weighted by Crippen LogP contribution is -2.53. The van der Waals surface area contributed by atoms with Gasteiger partial charge in [-0.3, -0.25) is 4.90 Å². The van der Waals surface area contributed by atoms with Gasteiger partial charge in [-0.25, -0.2) is 4.79 Å². The summed E-state index contributed by atoms with van der Waals surface area (Å²) in [6.07, 6.45) is -2.04. The Balaban J connectivity index is 1.98. The normalized spacial score (nSPS) is 24.0. The number of piperazine rings is 1. The molecule has 0 aromatic heterocycles. The first-order valence-electron chi connectivity index (χ1n) is 8.84. The third-order valence-electron chi connectivity index (χ3n) is 4.58. The minimum absolute atomic E-state index is 0.159. The lowest BCUT2D eigenvalue weighted by Gasteiger charge is -2.40. The molecular formula is C18H28F3N3O2. The van der Waals surface area contributed by atoms with Gasteiger partial charge in [-0.15, -0.1) is 0 Å². The fourth-order valence-corrected chi connectivity index (χ4v) is 3.19. The molecule has 1 saturated heterocycles. The van der Waals surface area contributed by atoms with E-state index in [-0.39, 0.29) is 12.1 Å². The summed E-state index contributed by atoms with van der Waals surface area (Å²) in [7, 11) is 0. The van der Waals surface area contributed by atoms with Crippen LogP contribution >= 0.6 is 0 Å². The molecule has 5 nitrogen and oxygen atoms in total. The number of nitrogens with two attached hydrogens (primary N) is 1. The van der Waals surface area contributed by atoms with Crippen LogP contribution in [0.2, 0.25) is 0 Å². The van der Waals surface area contributed by atoms with Crippen LogP contribution in [0, 0.1) is 0 Å². The van der Waals surface area contributed by atoms with E-state index in [0.717, 1.165) is 6.08 Å². The predicted octanol–water partition coefficient (Wildman–Crippen LogP) is 3.07. The minimum Gasteiger partial charge on any atom is -0.444 e. The van der Waals surface area contributed by atoms with Crippen molar-refractivity contribution < 1.29 is 22.7 Å². The molecule has 1 aliphatic heterocycles. The number of alkyl halides is 3. The summed E-state index contributed by atoms with van der Waals surface area (Å²) in [6, 6.07) is -0.787. The summed E-state index contributed by atoms with van der Waals surface area (Å²) in [4.78, 5) is 15.8. The Morgan fingerprint density at radius 2 is 1.81 bits per heavy atom. The van der Waals surface area contributed by atoms with E-state index in [0.29, 0.717) is 38.2 Å². The van der Waals surface area contributed by atoms with E-state index in [1.54, 1.807) is 4.90 Å². The van der Waals surface area contributed by atoms with Gasteiger partial charge in [0.15, 0.2) is 0 Å². The van der Waals surface area contributed by atoms with E-state index in [1.165, 1.54) is 6.08 Å². The number of carbonyl (C=O) groups is 1. The summed E-state index contributed by atoms with van der Waals surface area (Å²) in [5, 5.41) is 0. The van der Waals surface area contributed by atoms with E-state index in [2.05, 4.69) is 4.90 Å². The van der Waals surface area contributed by atoms with Crippen LogP contribution in [-0.4, -0.2) is 65.9 Å². The molecule has 8 heteroatoms. The van der Waals surface area contributed by atoms with E-state index in [4.69, 9.17) is 10.5 Å². The van der Waals surface area contributed by atoms with Crippen LogP contribution in [0.25, 0.3) is 0 Å². The van der Waals surface area contributed by atoms with Crippen LogP contribution in [-0.2, 0) is 4.74 Å². The molecule has 0 spiro atoms. The monoisotopic (exact) mass is 375 g/mol. The highest BCUT2D eigenvalue weighted by Gasteiger charge is 2.36. The number of carbonyl (C=O) groups excluding carboxylic acids is 1. The topological polar surface area (TPSA) is 58.8 Å². The Morgan fingerprint density at radius 3 is 2.31 bits per heavy atom. The standard InChI is InChI=1S/C18H28F3N3O2/c1-12(13-9-14(18(19,20)21)11-15(22)10-13)23-5-7-24(8-6-23)16(25)26-17(2,3)4/h9,11-12,15H,5-8,10,22H2,1-4H3. The number of nitrogens with zero attached hydrogens (tertiary/aromatic N) is 2. The van der Waals surface area contributed by atoms with Crippen molar-refractivity contribution in [2.45, 2.75) is 58.0 Å². The summed E-state index contributed by atoms with van der Waals surface area (Å²) in [5.41, 5.74) is 5.25. The second-order valence-corrected chi connectivity index (χ2v) is 7.89. The Bertz CT molecular complexity index is 585. The van der Waals surface area contributed by atoms with Crippen molar-refractivity contribution in [2.75, 3.05) is 26.2 Å². The van der Waals surface area contributed by atoms with Gasteiger partial charge in [-0.2, -0.15) is 13.2 Å². The van der Waals surface area contributed by atoms with Gasteiger partial charge in [0, 0.05) is 38.3 Å². The second-order valence-electron chi connectivity index (χ2n) is 7.89. The van der Waals surface area contributed by atoms with Crippen molar-refractivity contribution in [3.63, 3.8) is 0 Å². The Hall–Kier alpha value is -1.54. The lowest BCUT2D eigenvalue weighted by atomic mass is 9.90. The van der Waals surface area contributed by atoms with Gasteiger partial charge in [0.2, 0.25) is 0 Å². The Kier molecular flexibility index (Phi) is 6.07. The smallest absolute Gasteiger partial charge is 0.416 e. The maximum atomic E-state index is 13.0. The third kappa shape index (κ3) is 5.48. The highest BCUT2D eigenvalue weighted by Crippen LogP contribution is 2.33. The maximum absolute atomic E-state index is 13.0. The first-order valence-corrected chi connectivity index (χ1v) is 8.84. The van der Waals surface area contributed by atoms with E-state index in [1.807, 2.05) is 27.7 Å². The zero-order valence-electron chi connectivity index (χ0n) is 15.8. The van der Waals surface area contributed by atoms with Crippen molar-refractivity contribution >= 4 is 6.09 Å². The molecule has 1 heterocycles. The van der Waals surface area contributed by atoms with Gasteiger partial charge < -0.3 is 15.4 Å². The molecule has 1 aliphatic carbocycles. The zero-order chi connectivity index (χ0) is 19.7. The average Bonchev–Trinajstić information content (AvgIpc) is 2.51. The molecule has 2 N–H and O–H groups in total. The van der Waals surface area contributed by atoms with Crippen LogP contribution < -0.4 is 5.73 Å². The zero-order valence-corrected chi connectivity index (χ0v) is 15.8. The van der Waals surface area contributed by atoms with E-state index >= 15 is 0 Å². The largest absolute Gasteiger partial charge is 0.444 e. The summed E-state index contributed by atoms with van der Waals surface area (Å²) >= 11 is 0. The molecule has 2 rings (SSSR count). The number of hydrogen-bond donors (Lipinski definition) is 1. The Morgan fingerprint density at radius 1 is 1.23 bits per heavy atom. The Labute approximate surface area is 152 Å². The van der Waals surface area contributed by atoms with E-state index in [9.17, 15) is 18.0 Å². The first-order chi connectivity index (χ1) is 11.9. The molecule has 2 unspecified atom stereocenters. The molecule has 0 bridgehead atoms. The number of ether oxygens (including phenoxy) is 1. The van der Waals surface area contributed by atoms with Crippen LogP contribution in [0.4, 0.5) is 18.0 Å². The van der Waals surface area contributed by atoms with Gasteiger partial charge in [0.1, 0.15) is 5.60 Å². The summed E-state index contributed by atoms with van der Waals surface area (Å²) in [5.74, 6) is 0. The van der Waals surface area contributed by atoms with Crippen LogP contribution in [0.15, 0.2) is 23.3 Å². The molecule has 0 radical (unpaired) electrons. The highest BCUT2D eigenvalue weighted by molar-refractivity contribution is 5.68. The van der Waals surface area contributed by atoms with Gasteiger partial charge in [-0.05, 0) is 40.2 Å². The molecule has 1 fully saturated rings. The fraction of sp³-hybridized carbons (Fsp3) is 0.722. The lowest BCUT2D eigenvalue weighted by molar-refractivity contribution is -0.0889. The summed E-state index contributed by atoms with van der Waals surface area (Å²) < 4.78 is 44.4. The quantitative estimate of drug-likeness (QED) is 0.806. The van der Waals surface area contributed by atoms with Crippen LogP contribution in [0.5, 0.6) is 0 Å². The molecule has 26 heavy (non-hydrogen) atoms. The fourth-order valence-electron chi connectivity index (χ4n) is 3.19. The van der Waals surface area contributed by atoms with Gasteiger partial charge in [0.25, 0.3) is 0 Å². The molecular weight excluding hydrogens is 347 g/mol. The predicted molar refractivity (Wildman–Crippen MR) is 93.7 cm³/mol. The summed E-state index contributed by atoms with van der Waals surface area (Å²) in [6.45, 7) is 9.47. The van der Waals surface area contributed by atoms with Crippen LogP contribution in [0.1, 0.15) is 34.1 Å². The molecule has 0 aromatic rings. The number of amides is 1. The molecule has 148 valence electrons. The second kappa shape index (κ2) is 7.60.